The molecule has 2 aliphatic heterocycles. The number of hydrogen-bond acceptors (Lipinski definition) is 7. The first-order valence-corrected chi connectivity index (χ1v) is 8.91. The van der Waals surface area contributed by atoms with Crippen LogP contribution in [0.3, 0.4) is 0 Å². The summed E-state index contributed by atoms with van der Waals surface area (Å²) in [6, 6.07) is 0. The fourth-order valence-corrected chi connectivity index (χ4v) is 3.63. The zero-order chi connectivity index (χ0) is 20.1. The lowest BCUT2D eigenvalue weighted by Gasteiger charge is -2.32. The minimum atomic E-state index is -1.43. The van der Waals surface area contributed by atoms with Crippen molar-refractivity contribution in [2.45, 2.75) is 64.1 Å². The first kappa shape index (κ1) is 19.5. The molecule has 6 unspecified atom stereocenters. The molecule has 7 heteroatoms. The first-order valence-electron chi connectivity index (χ1n) is 8.91. The molecule has 0 bridgehead atoms. The van der Waals surface area contributed by atoms with E-state index in [1.54, 1.807) is 32.9 Å². The number of allylic oxidation sites excluding steroid dienone is 1. The Morgan fingerprint density at radius 1 is 1.44 bits per heavy atom. The van der Waals surface area contributed by atoms with Crippen LogP contribution in [-0.2, 0) is 28.6 Å². The van der Waals surface area contributed by atoms with E-state index >= 15 is 0 Å². The largest absolute Gasteiger partial charge is 0.458 e. The van der Waals surface area contributed by atoms with Crippen molar-refractivity contribution in [1.82, 2.24) is 0 Å². The highest BCUT2D eigenvalue weighted by atomic mass is 16.6. The van der Waals surface area contributed by atoms with Gasteiger partial charge in [0.25, 0.3) is 0 Å². The van der Waals surface area contributed by atoms with Gasteiger partial charge in [-0.25, -0.2) is 9.59 Å². The predicted molar refractivity (Wildman–Crippen MR) is 94.5 cm³/mol. The number of Topliss-reactive ketones (excluding diaryl/α,β-unsaturated/α-hetero) is 1. The molecule has 27 heavy (non-hydrogen) atoms. The molecule has 6 atom stereocenters. The third kappa shape index (κ3) is 3.49. The number of epoxide rings is 1. The van der Waals surface area contributed by atoms with Gasteiger partial charge in [-0.3, -0.25) is 4.79 Å². The molecule has 2 saturated heterocycles. The minimum Gasteiger partial charge on any atom is -0.458 e. The summed E-state index contributed by atoms with van der Waals surface area (Å²) in [6.45, 7) is 10.2. The van der Waals surface area contributed by atoms with Crippen LogP contribution in [0, 0.1) is 5.92 Å². The van der Waals surface area contributed by atoms with E-state index in [0.29, 0.717) is 11.1 Å². The lowest BCUT2D eigenvalue weighted by molar-refractivity contribution is -0.151. The van der Waals surface area contributed by atoms with Gasteiger partial charge in [0.15, 0.2) is 5.78 Å². The fourth-order valence-electron chi connectivity index (χ4n) is 3.63. The molecule has 0 spiro atoms. The molecule has 0 aromatic heterocycles. The lowest BCUT2D eigenvalue weighted by Crippen LogP contribution is -2.44. The molecule has 0 saturated carbocycles. The van der Waals surface area contributed by atoms with Crippen LogP contribution in [0.5, 0.6) is 0 Å². The van der Waals surface area contributed by atoms with Crippen LogP contribution in [-0.4, -0.2) is 52.8 Å². The van der Waals surface area contributed by atoms with Crippen molar-refractivity contribution in [2.24, 2.45) is 5.92 Å². The van der Waals surface area contributed by atoms with Gasteiger partial charge in [-0.1, -0.05) is 12.7 Å². The summed E-state index contributed by atoms with van der Waals surface area (Å²) in [5, 5.41) is 10.9. The number of esters is 2. The second-order valence-electron chi connectivity index (χ2n) is 7.59. The predicted octanol–water partition coefficient (Wildman–Crippen LogP) is 1.40. The van der Waals surface area contributed by atoms with E-state index < -0.39 is 47.9 Å². The van der Waals surface area contributed by atoms with Crippen LogP contribution >= 0.6 is 0 Å². The second kappa shape index (κ2) is 6.73. The summed E-state index contributed by atoms with van der Waals surface area (Å²) >= 11 is 0. The summed E-state index contributed by atoms with van der Waals surface area (Å²) < 4.78 is 16.4. The minimum absolute atomic E-state index is 0.0199. The molecule has 3 aliphatic rings. The molecular formula is C20H24O7. The van der Waals surface area contributed by atoms with Gasteiger partial charge in [0.05, 0.1) is 11.5 Å². The van der Waals surface area contributed by atoms with Crippen molar-refractivity contribution < 1.29 is 33.7 Å². The highest BCUT2D eigenvalue weighted by Gasteiger charge is 2.58. The highest BCUT2D eigenvalue weighted by molar-refractivity contribution is 6.01. The first-order chi connectivity index (χ1) is 12.6. The molecule has 1 N–H and O–H groups in total. The molecule has 1 aliphatic carbocycles. The monoisotopic (exact) mass is 376 g/mol. The third-order valence-electron chi connectivity index (χ3n) is 5.46. The zero-order valence-electron chi connectivity index (χ0n) is 15.9. The summed E-state index contributed by atoms with van der Waals surface area (Å²) in [6.07, 6.45) is 0.0321. The Morgan fingerprint density at radius 3 is 2.74 bits per heavy atom. The average Bonchev–Trinajstić information content (AvgIpc) is 3.35. The molecular weight excluding hydrogens is 352 g/mol. The number of carbonyl (C=O) groups excluding carboxylic acids is 3. The van der Waals surface area contributed by atoms with Crippen LogP contribution < -0.4 is 0 Å². The van der Waals surface area contributed by atoms with E-state index in [-0.39, 0.29) is 17.8 Å². The molecule has 0 radical (unpaired) electrons. The summed E-state index contributed by atoms with van der Waals surface area (Å²) in [7, 11) is 0. The molecule has 2 fully saturated rings. The van der Waals surface area contributed by atoms with E-state index in [0.717, 1.165) is 0 Å². The average molecular weight is 376 g/mol. The summed E-state index contributed by atoms with van der Waals surface area (Å²) in [4.78, 5) is 36.9. The summed E-state index contributed by atoms with van der Waals surface area (Å²) in [5.41, 5.74) is -0.505. The van der Waals surface area contributed by atoms with Crippen molar-refractivity contribution in [3.05, 3.63) is 35.5 Å². The van der Waals surface area contributed by atoms with E-state index in [9.17, 15) is 19.5 Å². The van der Waals surface area contributed by atoms with Gasteiger partial charge in [-0.15, -0.1) is 0 Å². The Labute approximate surface area is 157 Å². The maximum Gasteiger partial charge on any atom is 0.334 e. The van der Waals surface area contributed by atoms with Gasteiger partial charge >= 0.3 is 11.9 Å². The smallest absolute Gasteiger partial charge is 0.334 e. The number of hydrogen-bond donors (Lipinski definition) is 1. The maximum atomic E-state index is 12.5. The van der Waals surface area contributed by atoms with E-state index in [1.165, 1.54) is 6.92 Å². The number of ketones is 1. The SMILES string of the molecule is C=C1C(=O)OC2C=C(C)C(=O)C3OC3C(C)(O)CC(OC(=O)C(C)=CC)C12. The third-order valence-corrected chi connectivity index (χ3v) is 5.46. The van der Waals surface area contributed by atoms with Gasteiger partial charge in [-0.05, 0) is 39.3 Å². The normalized spacial score (nSPS) is 39.1. The van der Waals surface area contributed by atoms with Crippen LogP contribution in [0.4, 0.5) is 0 Å². The molecule has 3 rings (SSSR count). The van der Waals surface area contributed by atoms with Crippen LogP contribution in [0.2, 0.25) is 0 Å². The van der Waals surface area contributed by atoms with Crippen LogP contribution in [0.25, 0.3) is 0 Å². The molecule has 146 valence electrons. The van der Waals surface area contributed by atoms with Crippen LogP contribution in [0.15, 0.2) is 35.5 Å². The van der Waals surface area contributed by atoms with Gasteiger partial charge < -0.3 is 19.3 Å². The van der Waals surface area contributed by atoms with E-state index in [1.807, 2.05) is 0 Å². The Kier molecular flexibility index (Phi) is 4.86. The van der Waals surface area contributed by atoms with Gasteiger partial charge in [0.2, 0.25) is 0 Å². The van der Waals surface area contributed by atoms with Gasteiger partial charge in [0.1, 0.15) is 24.4 Å². The molecule has 0 aromatic rings. The fraction of sp³-hybridized carbons (Fsp3) is 0.550. The van der Waals surface area contributed by atoms with E-state index in [4.69, 9.17) is 14.2 Å². The number of carbonyl (C=O) groups is 3. The molecule has 0 aromatic carbocycles. The second-order valence-corrected chi connectivity index (χ2v) is 7.59. The highest BCUT2D eigenvalue weighted by Crippen LogP contribution is 2.43. The standard InChI is InChI=1S/C20H24O7/c1-6-9(2)18(22)26-13-8-20(5,24)17-16(27-17)15(21)10(3)7-12-14(13)11(4)19(23)25-12/h6-7,12-14,16-17,24H,4,8H2,1-3,5H3. The Balaban J connectivity index is 2.03. The van der Waals surface area contributed by atoms with Crippen molar-refractivity contribution >= 4 is 17.7 Å². The van der Waals surface area contributed by atoms with Gasteiger partial charge in [0, 0.05) is 17.6 Å². The Morgan fingerprint density at radius 2 is 2.11 bits per heavy atom. The zero-order valence-corrected chi connectivity index (χ0v) is 15.9. The molecule has 0 amide bonds. The quantitative estimate of drug-likeness (QED) is 0.441. The van der Waals surface area contributed by atoms with Crippen molar-refractivity contribution in [3.63, 3.8) is 0 Å². The summed E-state index contributed by atoms with van der Waals surface area (Å²) in [5.74, 6) is -2.11. The maximum absolute atomic E-state index is 12.5. The lowest BCUT2D eigenvalue weighted by atomic mass is 9.80. The van der Waals surface area contributed by atoms with Crippen molar-refractivity contribution in [1.29, 1.82) is 0 Å². The Bertz CT molecular complexity index is 773. The topological polar surface area (TPSA) is 102 Å². The van der Waals surface area contributed by atoms with Gasteiger partial charge in [-0.2, -0.15) is 0 Å². The number of aliphatic hydroxyl groups is 1. The van der Waals surface area contributed by atoms with Crippen molar-refractivity contribution in [3.8, 4) is 0 Å². The number of rotatable bonds is 2. The number of ether oxygens (including phenoxy) is 3. The van der Waals surface area contributed by atoms with E-state index in [2.05, 4.69) is 6.58 Å². The Hall–Kier alpha value is -2.25. The molecule has 2 heterocycles. The van der Waals surface area contributed by atoms with Crippen molar-refractivity contribution in [2.75, 3.05) is 0 Å². The number of fused-ring (bicyclic) bond motifs is 2. The molecule has 7 nitrogen and oxygen atoms in total. The van der Waals surface area contributed by atoms with Crippen LogP contribution in [0.1, 0.15) is 34.1 Å².